The SMILES string of the molecule is COc1ccc2c(c1)NCC2C(=O)C=O. The average Bonchev–Trinajstić information content (AvgIpc) is 2.70. The van der Waals surface area contributed by atoms with E-state index in [0.29, 0.717) is 12.8 Å². The molecule has 1 aromatic carbocycles. The van der Waals surface area contributed by atoms with Crippen molar-refractivity contribution in [3.8, 4) is 5.75 Å². The molecule has 1 N–H and O–H groups in total. The summed E-state index contributed by atoms with van der Waals surface area (Å²) in [6.45, 7) is 0.486. The van der Waals surface area contributed by atoms with Gasteiger partial charge in [0.05, 0.1) is 13.0 Å². The summed E-state index contributed by atoms with van der Waals surface area (Å²) >= 11 is 0. The van der Waals surface area contributed by atoms with E-state index in [4.69, 9.17) is 4.74 Å². The van der Waals surface area contributed by atoms with E-state index >= 15 is 0 Å². The number of anilines is 1. The summed E-state index contributed by atoms with van der Waals surface area (Å²) < 4.78 is 5.07. The second kappa shape index (κ2) is 3.73. The van der Waals surface area contributed by atoms with Gasteiger partial charge in [-0.1, -0.05) is 6.07 Å². The molecule has 1 heterocycles. The topological polar surface area (TPSA) is 55.4 Å². The highest BCUT2D eigenvalue weighted by Crippen LogP contribution is 2.34. The minimum Gasteiger partial charge on any atom is -0.497 e. The average molecular weight is 205 g/mol. The van der Waals surface area contributed by atoms with Crippen molar-refractivity contribution in [1.82, 2.24) is 0 Å². The molecule has 0 fully saturated rings. The maximum absolute atomic E-state index is 11.3. The second-order valence-electron chi connectivity index (χ2n) is 3.41. The molecule has 0 radical (unpaired) electrons. The molecule has 1 unspecified atom stereocenters. The van der Waals surface area contributed by atoms with Crippen molar-refractivity contribution in [3.63, 3.8) is 0 Å². The number of ketones is 1. The highest BCUT2D eigenvalue weighted by atomic mass is 16.5. The van der Waals surface area contributed by atoms with Crippen LogP contribution in [0.2, 0.25) is 0 Å². The largest absolute Gasteiger partial charge is 0.497 e. The number of benzene rings is 1. The Morgan fingerprint density at radius 1 is 1.60 bits per heavy atom. The molecule has 2 rings (SSSR count). The molecule has 78 valence electrons. The Labute approximate surface area is 87.2 Å². The Morgan fingerprint density at radius 2 is 2.40 bits per heavy atom. The number of fused-ring (bicyclic) bond motifs is 1. The zero-order valence-electron chi connectivity index (χ0n) is 8.32. The number of carbonyl (C=O) groups excluding carboxylic acids is 2. The molecule has 0 aromatic heterocycles. The van der Waals surface area contributed by atoms with Gasteiger partial charge in [0.2, 0.25) is 5.78 Å². The summed E-state index contributed by atoms with van der Waals surface area (Å²) in [6, 6.07) is 5.44. The summed E-state index contributed by atoms with van der Waals surface area (Å²) in [7, 11) is 1.59. The number of carbonyl (C=O) groups is 2. The van der Waals surface area contributed by atoms with Gasteiger partial charge in [0.1, 0.15) is 5.75 Å². The minimum atomic E-state index is -0.383. The summed E-state index contributed by atoms with van der Waals surface area (Å²) in [5, 5.41) is 3.08. The first-order valence-corrected chi connectivity index (χ1v) is 4.67. The fraction of sp³-hybridized carbons (Fsp3) is 0.273. The van der Waals surface area contributed by atoms with E-state index in [0.717, 1.165) is 17.0 Å². The number of Topliss-reactive ketones (excluding diaryl/α,β-unsaturated/α-hetero) is 1. The predicted octanol–water partition coefficient (Wildman–Crippen LogP) is 0.972. The van der Waals surface area contributed by atoms with Gasteiger partial charge in [-0.3, -0.25) is 9.59 Å². The molecule has 0 saturated heterocycles. The van der Waals surface area contributed by atoms with Crippen molar-refractivity contribution in [1.29, 1.82) is 0 Å². The Bertz CT molecular complexity index is 414. The smallest absolute Gasteiger partial charge is 0.204 e. The Morgan fingerprint density at radius 3 is 3.07 bits per heavy atom. The monoisotopic (exact) mass is 205 g/mol. The second-order valence-corrected chi connectivity index (χ2v) is 3.41. The number of ether oxygens (including phenoxy) is 1. The Balaban J connectivity index is 2.36. The van der Waals surface area contributed by atoms with E-state index in [1.807, 2.05) is 12.1 Å². The number of hydrogen-bond donors (Lipinski definition) is 1. The quantitative estimate of drug-likeness (QED) is 0.590. The van der Waals surface area contributed by atoms with Crippen LogP contribution >= 0.6 is 0 Å². The zero-order valence-corrected chi connectivity index (χ0v) is 8.32. The standard InChI is InChI=1S/C11H11NO3/c1-15-7-2-3-8-9(11(14)6-13)5-12-10(8)4-7/h2-4,6,9,12H,5H2,1H3. The van der Waals surface area contributed by atoms with Gasteiger partial charge in [-0.05, 0) is 11.6 Å². The van der Waals surface area contributed by atoms with Crippen LogP contribution in [-0.2, 0) is 9.59 Å². The number of nitrogens with one attached hydrogen (secondary N) is 1. The number of methoxy groups -OCH3 is 1. The summed E-state index contributed by atoms with van der Waals surface area (Å²) in [5.74, 6) is 0.00951. The lowest BCUT2D eigenvalue weighted by Gasteiger charge is -2.05. The first-order valence-electron chi connectivity index (χ1n) is 4.67. The summed E-state index contributed by atoms with van der Waals surface area (Å²) in [6.07, 6.45) is 0.381. The van der Waals surface area contributed by atoms with Crippen molar-refractivity contribution in [2.75, 3.05) is 19.0 Å². The Hall–Kier alpha value is -1.84. The first-order chi connectivity index (χ1) is 7.26. The molecular formula is C11H11NO3. The fourth-order valence-corrected chi connectivity index (χ4v) is 1.78. The lowest BCUT2D eigenvalue weighted by atomic mass is 9.97. The predicted molar refractivity (Wildman–Crippen MR) is 55.3 cm³/mol. The minimum absolute atomic E-state index is 0.344. The van der Waals surface area contributed by atoms with Crippen molar-refractivity contribution in [3.05, 3.63) is 23.8 Å². The van der Waals surface area contributed by atoms with Gasteiger partial charge in [0.15, 0.2) is 6.29 Å². The lowest BCUT2D eigenvalue weighted by Crippen LogP contribution is -2.15. The van der Waals surface area contributed by atoms with Gasteiger partial charge in [0.25, 0.3) is 0 Å². The highest BCUT2D eigenvalue weighted by Gasteiger charge is 2.28. The van der Waals surface area contributed by atoms with Crippen LogP contribution in [-0.4, -0.2) is 25.7 Å². The molecule has 1 aliphatic rings. The van der Waals surface area contributed by atoms with Crippen LogP contribution in [0.5, 0.6) is 5.75 Å². The Kier molecular flexibility index (Phi) is 2.41. The summed E-state index contributed by atoms with van der Waals surface area (Å²) in [4.78, 5) is 21.7. The third-order valence-electron chi connectivity index (χ3n) is 2.59. The maximum Gasteiger partial charge on any atom is 0.204 e. The van der Waals surface area contributed by atoms with E-state index in [1.54, 1.807) is 13.2 Å². The third kappa shape index (κ3) is 1.58. The van der Waals surface area contributed by atoms with Crippen molar-refractivity contribution < 1.29 is 14.3 Å². The van der Waals surface area contributed by atoms with E-state index in [2.05, 4.69) is 5.32 Å². The molecule has 0 spiro atoms. The van der Waals surface area contributed by atoms with Gasteiger partial charge in [-0.2, -0.15) is 0 Å². The molecule has 0 saturated carbocycles. The van der Waals surface area contributed by atoms with Crippen LogP contribution in [0.4, 0.5) is 5.69 Å². The van der Waals surface area contributed by atoms with Gasteiger partial charge < -0.3 is 10.1 Å². The van der Waals surface area contributed by atoms with Crippen LogP contribution < -0.4 is 10.1 Å². The van der Waals surface area contributed by atoms with Crippen LogP contribution in [0.3, 0.4) is 0 Å². The molecule has 0 bridgehead atoms. The highest BCUT2D eigenvalue weighted by molar-refractivity contribution is 6.28. The first kappa shape index (κ1) is 9.71. The van der Waals surface area contributed by atoms with E-state index in [-0.39, 0.29) is 11.7 Å². The zero-order chi connectivity index (χ0) is 10.8. The molecule has 0 aliphatic carbocycles. The van der Waals surface area contributed by atoms with Gasteiger partial charge in [-0.15, -0.1) is 0 Å². The van der Waals surface area contributed by atoms with Gasteiger partial charge >= 0.3 is 0 Å². The van der Waals surface area contributed by atoms with Gasteiger partial charge in [-0.25, -0.2) is 0 Å². The van der Waals surface area contributed by atoms with Crippen LogP contribution in [0, 0.1) is 0 Å². The number of aldehydes is 1. The molecular weight excluding hydrogens is 194 g/mol. The number of hydrogen-bond acceptors (Lipinski definition) is 4. The van der Waals surface area contributed by atoms with Crippen LogP contribution in [0.1, 0.15) is 11.5 Å². The van der Waals surface area contributed by atoms with Crippen LogP contribution in [0.25, 0.3) is 0 Å². The number of rotatable bonds is 3. The molecule has 1 aliphatic heterocycles. The lowest BCUT2D eigenvalue weighted by molar-refractivity contribution is -0.130. The normalized spacial score (nSPS) is 17.8. The van der Waals surface area contributed by atoms with E-state index in [9.17, 15) is 9.59 Å². The van der Waals surface area contributed by atoms with Gasteiger partial charge in [0, 0.05) is 18.3 Å². The van der Waals surface area contributed by atoms with Crippen molar-refractivity contribution in [2.24, 2.45) is 0 Å². The molecule has 4 heteroatoms. The van der Waals surface area contributed by atoms with Crippen LogP contribution in [0.15, 0.2) is 18.2 Å². The molecule has 1 atom stereocenters. The third-order valence-corrected chi connectivity index (χ3v) is 2.59. The molecule has 0 amide bonds. The molecule has 15 heavy (non-hydrogen) atoms. The maximum atomic E-state index is 11.3. The van der Waals surface area contributed by atoms with E-state index in [1.165, 1.54) is 0 Å². The summed E-state index contributed by atoms with van der Waals surface area (Å²) in [5.41, 5.74) is 1.74. The fourth-order valence-electron chi connectivity index (χ4n) is 1.78. The van der Waals surface area contributed by atoms with E-state index < -0.39 is 0 Å². The van der Waals surface area contributed by atoms with Crippen molar-refractivity contribution in [2.45, 2.75) is 5.92 Å². The molecule has 4 nitrogen and oxygen atoms in total. The molecule has 1 aromatic rings. The van der Waals surface area contributed by atoms with Crippen molar-refractivity contribution >= 4 is 17.8 Å².